The second-order valence-electron chi connectivity index (χ2n) is 5.86. The van der Waals surface area contributed by atoms with Crippen LogP contribution in [0.2, 0.25) is 5.22 Å². The Balaban J connectivity index is 1.64. The number of nitrogens with one attached hydrogen (secondary N) is 1. The predicted octanol–water partition coefficient (Wildman–Crippen LogP) is 5.14. The molecule has 3 heteroatoms. The van der Waals surface area contributed by atoms with E-state index >= 15 is 0 Å². The Morgan fingerprint density at radius 2 is 1.95 bits per heavy atom. The van der Waals surface area contributed by atoms with Crippen molar-refractivity contribution in [1.82, 2.24) is 5.32 Å². The van der Waals surface area contributed by atoms with E-state index in [-0.39, 0.29) is 0 Å². The lowest BCUT2D eigenvalue weighted by Crippen LogP contribution is -2.32. The van der Waals surface area contributed by atoms with Gasteiger partial charge in [-0.25, -0.2) is 0 Å². The van der Waals surface area contributed by atoms with Crippen molar-refractivity contribution >= 4 is 22.6 Å². The van der Waals surface area contributed by atoms with Crippen molar-refractivity contribution < 1.29 is 4.42 Å². The molecule has 0 bridgehead atoms. The van der Waals surface area contributed by atoms with Gasteiger partial charge in [0.05, 0.1) is 0 Å². The minimum Gasteiger partial charge on any atom is -0.444 e. The summed E-state index contributed by atoms with van der Waals surface area (Å²) < 4.78 is 5.60. The smallest absolute Gasteiger partial charge is 0.199 e. The highest BCUT2D eigenvalue weighted by atomic mass is 35.5. The first-order chi connectivity index (χ1) is 9.78. The molecule has 1 aromatic carbocycles. The van der Waals surface area contributed by atoms with Crippen LogP contribution in [0, 0.1) is 5.92 Å². The van der Waals surface area contributed by atoms with E-state index in [0.29, 0.717) is 11.3 Å². The monoisotopic (exact) mass is 291 g/mol. The molecule has 2 aromatic rings. The average Bonchev–Trinajstić information content (AvgIpc) is 2.81. The van der Waals surface area contributed by atoms with E-state index in [1.54, 1.807) is 0 Å². The number of benzene rings is 1. The highest BCUT2D eigenvalue weighted by molar-refractivity contribution is 6.30. The van der Waals surface area contributed by atoms with Gasteiger partial charge < -0.3 is 9.73 Å². The molecule has 1 aromatic heterocycles. The second kappa shape index (κ2) is 6.19. The molecule has 1 aliphatic carbocycles. The molecular formula is C17H22ClNO. The highest BCUT2D eigenvalue weighted by Crippen LogP contribution is 2.31. The van der Waals surface area contributed by atoms with E-state index in [0.717, 1.165) is 29.0 Å². The molecule has 0 atom stereocenters. The van der Waals surface area contributed by atoms with Gasteiger partial charge in [0.25, 0.3) is 0 Å². The van der Waals surface area contributed by atoms with Gasteiger partial charge in [0.1, 0.15) is 5.58 Å². The van der Waals surface area contributed by atoms with E-state index < -0.39 is 0 Å². The summed E-state index contributed by atoms with van der Waals surface area (Å²) in [5.41, 5.74) is 1.98. The number of fused-ring (bicyclic) bond motifs is 1. The van der Waals surface area contributed by atoms with E-state index in [9.17, 15) is 0 Å². The summed E-state index contributed by atoms with van der Waals surface area (Å²) in [6.45, 7) is 3.10. The van der Waals surface area contributed by atoms with Gasteiger partial charge in [-0.2, -0.15) is 0 Å². The van der Waals surface area contributed by atoms with Crippen LogP contribution in [0.4, 0.5) is 0 Å². The third-order valence-corrected chi connectivity index (χ3v) is 4.95. The van der Waals surface area contributed by atoms with E-state index in [1.807, 2.05) is 18.2 Å². The van der Waals surface area contributed by atoms with E-state index in [2.05, 4.69) is 18.3 Å². The number of furan rings is 1. The number of halogens is 1. The zero-order chi connectivity index (χ0) is 13.9. The maximum Gasteiger partial charge on any atom is 0.199 e. The van der Waals surface area contributed by atoms with Crippen molar-refractivity contribution in [3.8, 4) is 0 Å². The fourth-order valence-corrected chi connectivity index (χ4v) is 3.51. The molecule has 0 saturated heterocycles. The fraction of sp³-hybridized carbons (Fsp3) is 0.529. The van der Waals surface area contributed by atoms with E-state index in [1.165, 1.54) is 32.1 Å². The molecule has 108 valence electrons. The average molecular weight is 292 g/mol. The number of para-hydroxylation sites is 1. The molecule has 1 N–H and O–H groups in total. The van der Waals surface area contributed by atoms with Crippen LogP contribution in [-0.2, 0) is 6.54 Å². The molecule has 2 nitrogen and oxygen atoms in total. The van der Waals surface area contributed by atoms with Crippen LogP contribution < -0.4 is 5.32 Å². The van der Waals surface area contributed by atoms with Gasteiger partial charge in [0.2, 0.25) is 0 Å². The quantitative estimate of drug-likeness (QED) is 0.843. The van der Waals surface area contributed by atoms with Gasteiger partial charge in [0.15, 0.2) is 5.22 Å². The molecule has 0 unspecified atom stereocenters. The molecule has 3 rings (SSSR count). The van der Waals surface area contributed by atoms with Crippen LogP contribution in [0.1, 0.15) is 44.6 Å². The molecular weight excluding hydrogens is 270 g/mol. The lowest BCUT2D eigenvalue weighted by atomic mass is 9.84. The third kappa shape index (κ3) is 2.87. The second-order valence-corrected chi connectivity index (χ2v) is 6.20. The Labute approximate surface area is 125 Å². The number of hydrogen-bond acceptors (Lipinski definition) is 2. The van der Waals surface area contributed by atoms with Crippen molar-refractivity contribution in [2.45, 2.75) is 51.6 Å². The van der Waals surface area contributed by atoms with Crippen molar-refractivity contribution in [3.05, 3.63) is 35.0 Å². The highest BCUT2D eigenvalue weighted by Gasteiger charge is 2.20. The van der Waals surface area contributed by atoms with Gasteiger partial charge in [-0.15, -0.1) is 0 Å². The summed E-state index contributed by atoms with van der Waals surface area (Å²) in [5, 5.41) is 5.32. The van der Waals surface area contributed by atoms with Gasteiger partial charge in [-0.3, -0.25) is 0 Å². The Bertz CT molecular complexity index is 569. The predicted molar refractivity (Wildman–Crippen MR) is 84.1 cm³/mol. The minimum atomic E-state index is 0.529. The van der Waals surface area contributed by atoms with Crippen molar-refractivity contribution in [1.29, 1.82) is 0 Å². The lowest BCUT2D eigenvalue weighted by molar-refractivity contribution is 0.285. The first-order valence-corrected chi connectivity index (χ1v) is 8.05. The topological polar surface area (TPSA) is 25.2 Å². The van der Waals surface area contributed by atoms with Crippen molar-refractivity contribution in [2.24, 2.45) is 5.92 Å². The SMILES string of the molecule is CCC1CCC(NCc2c(Cl)oc3ccccc23)CC1. The molecule has 1 fully saturated rings. The summed E-state index contributed by atoms with van der Waals surface area (Å²) in [7, 11) is 0. The molecule has 20 heavy (non-hydrogen) atoms. The van der Waals surface area contributed by atoms with Crippen LogP contribution in [0.15, 0.2) is 28.7 Å². The van der Waals surface area contributed by atoms with Crippen LogP contribution in [-0.4, -0.2) is 6.04 Å². The van der Waals surface area contributed by atoms with Crippen LogP contribution in [0.3, 0.4) is 0 Å². The summed E-state index contributed by atoms with van der Waals surface area (Å²) in [6, 6.07) is 8.69. The van der Waals surface area contributed by atoms with Gasteiger partial charge in [0, 0.05) is 23.5 Å². The fourth-order valence-electron chi connectivity index (χ4n) is 3.25. The summed E-state index contributed by atoms with van der Waals surface area (Å²) >= 11 is 6.22. The Kier molecular flexibility index (Phi) is 4.32. The Hall–Kier alpha value is -0.990. The molecule has 0 aliphatic heterocycles. The standard InChI is InChI=1S/C17H22ClNO/c1-2-12-7-9-13(10-8-12)19-11-15-14-5-3-4-6-16(14)20-17(15)18/h3-6,12-13,19H,2,7-11H2,1H3. The molecule has 0 amide bonds. The van der Waals surface area contributed by atoms with Crippen LogP contribution in [0.25, 0.3) is 11.0 Å². The van der Waals surface area contributed by atoms with Crippen LogP contribution in [0.5, 0.6) is 0 Å². The maximum atomic E-state index is 6.22. The molecule has 0 spiro atoms. The Morgan fingerprint density at radius 1 is 1.20 bits per heavy atom. The zero-order valence-corrected chi connectivity index (χ0v) is 12.7. The molecule has 1 heterocycles. The van der Waals surface area contributed by atoms with Gasteiger partial charge in [-0.05, 0) is 49.3 Å². The van der Waals surface area contributed by atoms with Crippen molar-refractivity contribution in [3.63, 3.8) is 0 Å². The molecule has 0 radical (unpaired) electrons. The summed E-state index contributed by atoms with van der Waals surface area (Å²) in [4.78, 5) is 0. The Morgan fingerprint density at radius 3 is 2.70 bits per heavy atom. The summed E-state index contributed by atoms with van der Waals surface area (Å²) in [6.07, 6.45) is 6.60. The first-order valence-electron chi connectivity index (χ1n) is 7.67. The van der Waals surface area contributed by atoms with Gasteiger partial charge >= 0.3 is 0 Å². The molecule has 1 saturated carbocycles. The summed E-state index contributed by atoms with van der Waals surface area (Å²) in [5.74, 6) is 0.936. The number of hydrogen-bond donors (Lipinski definition) is 1. The van der Waals surface area contributed by atoms with Crippen LogP contribution >= 0.6 is 11.6 Å². The lowest BCUT2D eigenvalue weighted by Gasteiger charge is -2.28. The van der Waals surface area contributed by atoms with E-state index in [4.69, 9.17) is 16.0 Å². The largest absolute Gasteiger partial charge is 0.444 e. The zero-order valence-electron chi connectivity index (χ0n) is 12.0. The minimum absolute atomic E-state index is 0.529. The normalized spacial score (nSPS) is 23.3. The molecule has 1 aliphatic rings. The third-order valence-electron chi connectivity index (χ3n) is 4.64. The van der Waals surface area contributed by atoms with Crippen molar-refractivity contribution in [2.75, 3.05) is 0 Å². The first kappa shape index (κ1) is 14.0. The number of rotatable bonds is 4. The van der Waals surface area contributed by atoms with Gasteiger partial charge in [-0.1, -0.05) is 31.5 Å². The maximum absolute atomic E-state index is 6.22.